The molecule has 0 aromatic heterocycles. The SMILES string of the molecule is CN(CCC(=O)Nc1cc(Cl)ccc1N)C1CCC1. The van der Waals surface area contributed by atoms with Crippen molar-refractivity contribution in [1.29, 1.82) is 0 Å². The van der Waals surface area contributed by atoms with Crippen molar-refractivity contribution in [3.8, 4) is 0 Å². The number of nitrogen functional groups attached to an aromatic ring is 1. The van der Waals surface area contributed by atoms with Gasteiger partial charge in [-0.15, -0.1) is 0 Å². The summed E-state index contributed by atoms with van der Waals surface area (Å²) in [7, 11) is 2.07. The summed E-state index contributed by atoms with van der Waals surface area (Å²) in [5.74, 6) is -0.0276. The number of amides is 1. The van der Waals surface area contributed by atoms with Gasteiger partial charge in [-0.3, -0.25) is 4.79 Å². The molecule has 0 aliphatic heterocycles. The Kier molecular flexibility index (Phi) is 4.66. The molecule has 0 radical (unpaired) electrons. The molecule has 19 heavy (non-hydrogen) atoms. The van der Waals surface area contributed by atoms with Gasteiger partial charge in [0.1, 0.15) is 0 Å². The fourth-order valence-corrected chi connectivity index (χ4v) is 2.31. The van der Waals surface area contributed by atoms with Crippen LogP contribution in [-0.2, 0) is 4.79 Å². The molecule has 0 saturated heterocycles. The number of hydrogen-bond acceptors (Lipinski definition) is 3. The van der Waals surface area contributed by atoms with Crippen LogP contribution in [0, 0.1) is 0 Å². The summed E-state index contributed by atoms with van der Waals surface area (Å²) >= 11 is 5.88. The van der Waals surface area contributed by atoms with Crippen LogP contribution in [0.4, 0.5) is 11.4 Å². The first kappa shape index (κ1) is 14.2. The van der Waals surface area contributed by atoms with Gasteiger partial charge in [0.25, 0.3) is 0 Å². The Morgan fingerprint density at radius 3 is 2.89 bits per heavy atom. The average Bonchev–Trinajstić information content (AvgIpc) is 2.29. The Morgan fingerprint density at radius 1 is 1.53 bits per heavy atom. The van der Waals surface area contributed by atoms with Crippen LogP contribution in [0.15, 0.2) is 18.2 Å². The molecule has 4 nitrogen and oxygen atoms in total. The average molecular weight is 282 g/mol. The summed E-state index contributed by atoms with van der Waals surface area (Å²) in [6.45, 7) is 0.775. The highest BCUT2D eigenvalue weighted by Crippen LogP contribution is 2.24. The van der Waals surface area contributed by atoms with E-state index in [0.717, 1.165) is 6.54 Å². The standard InChI is InChI=1S/C14H20ClN3O/c1-18(11-3-2-4-11)8-7-14(19)17-13-9-10(15)5-6-12(13)16/h5-6,9,11H,2-4,7-8,16H2,1H3,(H,17,19). The molecule has 2 rings (SSSR count). The highest BCUT2D eigenvalue weighted by atomic mass is 35.5. The Labute approximate surface area is 118 Å². The van der Waals surface area contributed by atoms with E-state index in [2.05, 4.69) is 17.3 Å². The van der Waals surface area contributed by atoms with Crippen molar-refractivity contribution in [3.05, 3.63) is 23.2 Å². The number of benzene rings is 1. The summed E-state index contributed by atoms with van der Waals surface area (Å²) in [6, 6.07) is 5.73. The van der Waals surface area contributed by atoms with Gasteiger partial charge in [-0.1, -0.05) is 18.0 Å². The minimum absolute atomic E-state index is 0.0276. The van der Waals surface area contributed by atoms with Crippen molar-refractivity contribution < 1.29 is 4.79 Å². The summed E-state index contributed by atoms with van der Waals surface area (Å²) in [5, 5.41) is 3.37. The quantitative estimate of drug-likeness (QED) is 0.816. The number of anilines is 2. The van der Waals surface area contributed by atoms with Gasteiger partial charge in [0.05, 0.1) is 11.4 Å². The normalized spacial score (nSPS) is 15.3. The van der Waals surface area contributed by atoms with E-state index in [1.807, 2.05) is 0 Å². The second-order valence-electron chi connectivity index (χ2n) is 5.10. The van der Waals surface area contributed by atoms with E-state index in [1.165, 1.54) is 19.3 Å². The van der Waals surface area contributed by atoms with Crippen LogP contribution in [0.2, 0.25) is 5.02 Å². The number of carbonyl (C=O) groups is 1. The Balaban J connectivity index is 1.81. The van der Waals surface area contributed by atoms with E-state index in [4.69, 9.17) is 17.3 Å². The Hall–Kier alpha value is -1.26. The topological polar surface area (TPSA) is 58.4 Å². The molecule has 1 aliphatic carbocycles. The van der Waals surface area contributed by atoms with Crippen molar-refractivity contribution in [2.75, 3.05) is 24.6 Å². The predicted molar refractivity (Wildman–Crippen MR) is 79.4 cm³/mol. The fourth-order valence-electron chi connectivity index (χ4n) is 2.14. The van der Waals surface area contributed by atoms with Crippen LogP contribution < -0.4 is 11.1 Å². The van der Waals surface area contributed by atoms with Gasteiger partial charge in [0.2, 0.25) is 5.91 Å². The van der Waals surface area contributed by atoms with Gasteiger partial charge in [-0.2, -0.15) is 0 Å². The van der Waals surface area contributed by atoms with E-state index in [-0.39, 0.29) is 5.91 Å². The smallest absolute Gasteiger partial charge is 0.225 e. The third-order valence-electron chi connectivity index (χ3n) is 3.68. The molecule has 0 heterocycles. The minimum atomic E-state index is -0.0276. The summed E-state index contributed by atoms with van der Waals surface area (Å²) < 4.78 is 0. The minimum Gasteiger partial charge on any atom is -0.397 e. The van der Waals surface area contributed by atoms with Crippen molar-refractivity contribution in [2.45, 2.75) is 31.7 Å². The van der Waals surface area contributed by atoms with E-state index >= 15 is 0 Å². The molecule has 0 bridgehead atoms. The third-order valence-corrected chi connectivity index (χ3v) is 3.91. The lowest BCUT2D eigenvalue weighted by molar-refractivity contribution is -0.116. The van der Waals surface area contributed by atoms with Crippen molar-refractivity contribution in [1.82, 2.24) is 4.90 Å². The molecule has 104 valence electrons. The number of carbonyl (C=O) groups excluding carboxylic acids is 1. The Morgan fingerprint density at radius 2 is 2.26 bits per heavy atom. The van der Waals surface area contributed by atoms with Gasteiger partial charge in [0.15, 0.2) is 0 Å². The van der Waals surface area contributed by atoms with E-state index in [9.17, 15) is 4.79 Å². The Bertz CT molecular complexity index is 460. The van der Waals surface area contributed by atoms with Crippen LogP contribution in [-0.4, -0.2) is 30.4 Å². The van der Waals surface area contributed by atoms with E-state index in [0.29, 0.717) is 28.9 Å². The number of nitrogens with two attached hydrogens (primary N) is 1. The maximum atomic E-state index is 11.9. The first-order chi connectivity index (χ1) is 9.06. The van der Waals surface area contributed by atoms with Crippen LogP contribution in [0.3, 0.4) is 0 Å². The second kappa shape index (κ2) is 6.26. The summed E-state index contributed by atoms with van der Waals surface area (Å²) in [4.78, 5) is 14.1. The van der Waals surface area contributed by atoms with Crippen LogP contribution in [0.5, 0.6) is 0 Å². The zero-order valence-electron chi connectivity index (χ0n) is 11.2. The number of nitrogens with zero attached hydrogens (tertiary/aromatic N) is 1. The van der Waals surface area contributed by atoms with Gasteiger partial charge >= 0.3 is 0 Å². The molecular weight excluding hydrogens is 262 g/mol. The highest BCUT2D eigenvalue weighted by Gasteiger charge is 2.22. The zero-order chi connectivity index (χ0) is 13.8. The molecule has 1 amide bonds. The number of hydrogen-bond donors (Lipinski definition) is 2. The lowest BCUT2D eigenvalue weighted by atomic mass is 9.92. The van der Waals surface area contributed by atoms with Gasteiger partial charge in [-0.25, -0.2) is 0 Å². The molecule has 0 atom stereocenters. The second-order valence-corrected chi connectivity index (χ2v) is 5.53. The molecule has 1 aromatic carbocycles. The van der Waals surface area contributed by atoms with E-state index < -0.39 is 0 Å². The van der Waals surface area contributed by atoms with Gasteiger partial charge < -0.3 is 16.0 Å². The largest absolute Gasteiger partial charge is 0.397 e. The van der Waals surface area contributed by atoms with Gasteiger partial charge in [0, 0.05) is 24.0 Å². The summed E-state index contributed by atoms with van der Waals surface area (Å²) in [5.41, 5.74) is 6.91. The third kappa shape index (κ3) is 3.85. The van der Waals surface area contributed by atoms with Crippen LogP contribution in [0.1, 0.15) is 25.7 Å². The van der Waals surface area contributed by atoms with Crippen molar-refractivity contribution in [3.63, 3.8) is 0 Å². The maximum Gasteiger partial charge on any atom is 0.225 e. The predicted octanol–water partition coefficient (Wildman–Crippen LogP) is 2.74. The highest BCUT2D eigenvalue weighted by molar-refractivity contribution is 6.31. The number of nitrogens with one attached hydrogen (secondary N) is 1. The molecule has 1 fully saturated rings. The van der Waals surface area contributed by atoms with Crippen molar-refractivity contribution in [2.24, 2.45) is 0 Å². The molecule has 1 aliphatic rings. The molecule has 0 unspecified atom stereocenters. The van der Waals surface area contributed by atoms with Crippen LogP contribution >= 0.6 is 11.6 Å². The maximum absolute atomic E-state index is 11.9. The van der Waals surface area contributed by atoms with E-state index in [1.54, 1.807) is 18.2 Å². The number of rotatable bonds is 5. The molecule has 1 aromatic rings. The fraction of sp³-hybridized carbons (Fsp3) is 0.500. The molecule has 5 heteroatoms. The van der Waals surface area contributed by atoms with Gasteiger partial charge in [-0.05, 0) is 38.1 Å². The summed E-state index contributed by atoms with van der Waals surface area (Å²) in [6.07, 6.45) is 4.28. The molecule has 1 saturated carbocycles. The molecular formula is C14H20ClN3O. The van der Waals surface area contributed by atoms with Crippen molar-refractivity contribution >= 4 is 28.9 Å². The lowest BCUT2D eigenvalue weighted by Crippen LogP contribution is -2.38. The first-order valence-corrected chi connectivity index (χ1v) is 6.99. The van der Waals surface area contributed by atoms with Crippen LogP contribution in [0.25, 0.3) is 0 Å². The molecule has 3 N–H and O–H groups in total. The first-order valence-electron chi connectivity index (χ1n) is 6.61. The lowest BCUT2D eigenvalue weighted by Gasteiger charge is -2.34. The number of halogens is 1. The monoisotopic (exact) mass is 281 g/mol. The molecule has 0 spiro atoms. The zero-order valence-corrected chi connectivity index (χ0v) is 11.9.